The van der Waals surface area contributed by atoms with E-state index in [1.807, 2.05) is 0 Å². The van der Waals surface area contributed by atoms with Gasteiger partial charge in [0.2, 0.25) is 5.91 Å². The molecule has 1 aliphatic rings. The second kappa shape index (κ2) is 8.41. The first-order chi connectivity index (χ1) is 10.6. The molecule has 1 aromatic rings. The van der Waals surface area contributed by atoms with E-state index in [2.05, 4.69) is 29.4 Å². The number of hydrogen-bond acceptors (Lipinski definition) is 4. The maximum atomic E-state index is 12.1. The molecule has 6 nitrogen and oxygen atoms in total. The average Bonchev–Trinajstić information content (AvgIpc) is 2.86. The highest BCUT2D eigenvalue weighted by atomic mass is 32.2. The Morgan fingerprint density at radius 3 is 2.95 bits per heavy atom. The number of amides is 1. The lowest BCUT2D eigenvalue weighted by Crippen LogP contribution is -2.41. The summed E-state index contributed by atoms with van der Waals surface area (Å²) in [6.07, 6.45) is 6.66. The van der Waals surface area contributed by atoms with Crippen molar-refractivity contribution in [1.29, 1.82) is 0 Å². The third kappa shape index (κ3) is 4.63. The second-order valence-electron chi connectivity index (χ2n) is 6.04. The molecule has 124 valence electrons. The van der Waals surface area contributed by atoms with Gasteiger partial charge in [0, 0.05) is 12.6 Å². The maximum absolute atomic E-state index is 12.1. The molecule has 0 unspecified atom stereocenters. The predicted octanol–water partition coefficient (Wildman–Crippen LogP) is 2.16. The molecule has 2 rings (SSSR count). The minimum Gasteiger partial charge on any atom is -0.352 e. The molecule has 22 heavy (non-hydrogen) atoms. The van der Waals surface area contributed by atoms with Gasteiger partial charge in [-0.05, 0) is 25.2 Å². The first-order valence-corrected chi connectivity index (χ1v) is 9.17. The smallest absolute Gasteiger partial charge is 0.343 e. The van der Waals surface area contributed by atoms with Crippen molar-refractivity contribution >= 4 is 17.7 Å². The number of aromatic nitrogens is 3. The van der Waals surface area contributed by atoms with E-state index in [4.69, 9.17) is 0 Å². The van der Waals surface area contributed by atoms with E-state index < -0.39 is 0 Å². The molecular weight excluding hydrogens is 300 g/mol. The number of aromatic amines is 1. The molecule has 0 radical (unpaired) electrons. The van der Waals surface area contributed by atoms with Crippen molar-refractivity contribution < 1.29 is 4.79 Å². The highest BCUT2D eigenvalue weighted by molar-refractivity contribution is 7.99. The van der Waals surface area contributed by atoms with Crippen LogP contribution in [-0.4, -0.2) is 32.5 Å². The van der Waals surface area contributed by atoms with Gasteiger partial charge in [0.15, 0.2) is 5.16 Å². The normalized spacial score (nSPS) is 21.7. The van der Waals surface area contributed by atoms with E-state index in [9.17, 15) is 9.59 Å². The van der Waals surface area contributed by atoms with Crippen molar-refractivity contribution in [2.45, 2.75) is 70.1 Å². The summed E-state index contributed by atoms with van der Waals surface area (Å²) in [7, 11) is 0. The van der Waals surface area contributed by atoms with Crippen LogP contribution >= 0.6 is 11.8 Å². The highest BCUT2D eigenvalue weighted by Crippen LogP contribution is 2.24. The molecule has 2 atom stereocenters. The molecule has 1 aromatic heterocycles. The number of unbranched alkanes of at least 4 members (excludes halogenated alkanes) is 1. The minimum atomic E-state index is -0.197. The highest BCUT2D eigenvalue weighted by Gasteiger charge is 2.23. The fourth-order valence-corrected chi connectivity index (χ4v) is 3.62. The Labute approximate surface area is 135 Å². The Morgan fingerprint density at radius 2 is 2.23 bits per heavy atom. The molecule has 0 saturated heterocycles. The van der Waals surface area contributed by atoms with E-state index in [1.54, 1.807) is 4.57 Å². The third-order valence-electron chi connectivity index (χ3n) is 4.25. The summed E-state index contributed by atoms with van der Waals surface area (Å²) >= 11 is 1.32. The third-order valence-corrected chi connectivity index (χ3v) is 5.23. The van der Waals surface area contributed by atoms with Gasteiger partial charge < -0.3 is 5.32 Å². The topological polar surface area (TPSA) is 79.8 Å². The number of nitrogens with one attached hydrogen (secondary N) is 2. The van der Waals surface area contributed by atoms with Crippen LogP contribution in [0.4, 0.5) is 0 Å². The maximum Gasteiger partial charge on any atom is 0.343 e. The zero-order chi connectivity index (χ0) is 15.9. The number of thioether (sulfide) groups is 1. The van der Waals surface area contributed by atoms with Crippen LogP contribution < -0.4 is 11.0 Å². The molecule has 1 amide bonds. The fraction of sp³-hybridized carbons (Fsp3) is 0.800. The molecule has 1 heterocycles. The van der Waals surface area contributed by atoms with Crippen LogP contribution in [0.3, 0.4) is 0 Å². The van der Waals surface area contributed by atoms with Crippen LogP contribution in [0.25, 0.3) is 0 Å². The van der Waals surface area contributed by atoms with E-state index in [-0.39, 0.29) is 11.6 Å². The van der Waals surface area contributed by atoms with E-state index in [1.165, 1.54) is 31.0 Å². The zero-order valence-electron chi connectivity index (χ0n) is 13.4. The SMILES string of the molecule is CCCCn1c(SCC(=O)N[C@@H]2CCCC[C@@H]2C)n[nH]c1=O. The first-order valence-electron chi connectivity index (χ1n) is 8.19. The minimum absolute atomic E-state index is 0.0289. The quantitative estimate of drug-likeness (QED) is 0.753. The molecule has 0 bridgehead atoms. The fourth-order valence-electron chi connectivity index (χ4n) is 2.84. The Bertz CT molecular complexity index is 540. The molecule has 0 aromatic carbocycles. The van der Waals surface area contributed by atoms with Crippen LogP contribution in [0.5, 0.6) is 0 Å². The van der Waals surface area contributed by atoms with Crippen molar-refractivity contribution in [1.82, 2.24) is 20.1 Å². The summed E-state index contributed by atoms with van der Waals surface area (Å²) in [4.78, 5) is 23.8. The summed E-state index contributed by atoms with van der Waals surface area (Å²) in [5.41, 5.74) is -0.197. The van der Waals surface area contributed by atoms with E-state index in [0.29, 0.717) is 29.4 Å². The van der Waals surface area contributed by atoms with Gasteiger partial charge in [-0.3, -0.25) is 9.36 Å². The number of nitrogens with zero attached hydrogens (tertiary/aromatic N) is 2. The largest absolute Gasteiger partial charge is 0.352 e. The first kappa shape index (κ1) is 17.1. The van der Waals surface area contributed by atoms with Gasteiger partial charge in [-0.2, -0.15) is 0 Å². The summed E-state index contributed by atoms with van der Waals surface area (Å²) in [6.45, 7) is 4.93. The lowest BCUT2D eigenvalue weighted by Gasteiger charge is -2.29. The molecule has 1 saturated carbocycles. The van der Waals surface area contributed by atoms with E-state index in [0.717, 1.165) is 19.3 Å². The molecule has 0 spiro atoms. The average molecular weight is 326 g/mol. The van der Waals surface area contributed by atoms with Crippen LogP contribution in [0.15, 0.2) is 9.95 Å². The van der Waals surface area contributed by atoms with Gasteiger partial charge in [0.1, 0.15) is 0 Å². The molecule has 2 N–H and O–H groups in total. The van der Waals surface area contributed by atoms with Crippen LogP contribution in [0.2, 0.25) is 0 Å². The number of carbonyl (C=O) groups is 1. The predicted molar refractivity (Wildman–Crippen MR) is 88.0 cm³/mol. The van der Waals surface area contributed by atoms with Gasteiger partial charge in [-0.15, -0.1) is 5.10 Å². The van der Waals surface area contributed by atoms with Gasteiger partial charge in [0.25, 0.3) is 0 Å². The standard InChI is InChI=1S/C15H26N4O2S/c1-3-4-9-19-14(21)17-18-15(19)22-10-13(20)16-12-8-6-5-7-11(12)2/h11-12H,3-10H2,1-2H3,(H,16,20)(H,17,21)/t11-,12+/m0/s1. The van der Waals surface area contributed by atoms with Crippen molar-refractivity contribution in [3.05, 3.63) is 10.5 Å². The second-order valence-corrected chi connectivity index (χ2v) is 6.98. The zero-order valence-corrected chi connectivity index (χ0v) is 14.2. The van der Waals surface area contributed by atoms with Crippen LogP contribution in [0.1, 0.15) is 52.4 Å². The van der Waals surface area contributed by atoms with Crippen molar-refractivity contribution in [3.8, 4) is 0 Å². The summed E-state index contributed by atoms with van der Waals surface area (Å²) in [6, 6.07) is 0.295. The Balaban J connectivity index is 1.84. The number of hydrogen-bond donors (Lipinski definition) is 2. The molecule has 1 fully saturated rings. The number of H-pyrrole nitrogens is 1. The Morgan fingerprint density at radius 1 is 1.45 bits per heavy atom. The Kier molecular flexibility index (Phi) is 6.54. The monoisotopic (exact) mass is 326 g/mol. The number of rotatable bonds is 7. The van der Waals surface area contributed by atoms with Crippen LogP contribution in [0, 0.1) is 5.92 Å². The molecule has 0 aliphatic heterocycles. The van der Waals surface area contributed by atoms with Crippen LogP contribution in [-0.2, 0) is 11.3 Å². The summed E-state index contributed by atoms with van der Waals surface area (Å²) in [5.74, 6) is 0.886. The van der Waals surface area contributed by atoms with Crippen molar-refractivity contribution in [2.24, 2.45) is 5.92 Å². The van der Waals surface area contributed by atoms with Crippen molar-refractivity contribution in [2.75, 3.05) is 5.75 Å². The summed E-state index contributed by atoms with van der Waals surface area (Å²) in [5, 5.41) is 10.2. The lowest BCUT2D eigenvalue weighted by atomic mass is 9.86. The molecule has 7 heteroatoms. The van der Waals surface area contributed by atoms with Gasteiger partial charge >= 0.3 is 5.69 Å². The Hall–Kier alpha value is -1.24. The van der Waals surface area contributed by atoms with E-state index >= 15 is 0 Å². The molecular formula is C15H26N4O2S. The van der Waals surface area contributed by atoms with Gasteiger partial charge in [-0.25, -0.2) is 9.89 Å². The van der Waals surface area contributed by atoms with Gasteiger partial charge in [-0.1, -0.05) is 44.9 Å². The summed E-state index contributed by atoms with van der Waals surface area (Å²) < 4.78 is 1.62. The lowest BCUT2D eigenvalue weighted by molar-refractivity contribution is -0.119. The van der Waals surface area contributed by atoms with Crippen molar-refractivity contribution in [3.63, 3.8) is 0 Å². The number of carbonyl (C=O) groups excluding carboxylic acids is 1. The molecule has 1 aliphatic carbocycles. The van der Waals surface area contributed by atoms with Gasteiger partial charge in [0.05, 0.1) is 5.75 Å².